The summed E-state index contributed by atoms with van der Waals surface area (Å²) < 4.78 is 5.05. The molecular formula is C16H22N2O4. The SMILES string of the molecule is CCNC(=O)NC(=O)[C@@H](C)OC(=O)c1ccc(C(C)C)cc1. The molecule has 120 valence electrons. The molecule has 0 aliphatic heterocycles. The maximum Gasteiger partial charge on any atom is 0.338 e. The van der Waals surface area contributed by atoms with Crippen LogP contribution in [0.25, 0.3) is 0 Å². The molecule has 0 saturated heterocycles. The number of imide groups is 1. The molecule has 0 radical (unpaired) electrons. The summed E-state index contributed by atoms with van der Waals surface area (Å²) >= 11 is 0. The molecule has 1 aromatic carbocycles. The minimum Gasteiger partial charge on any atom is -0.449 e. The molecule has 6 heteroatoms. The van der Waals surface area contributed by atoms with E-state index in [1.165, 1.54) is 6.92 Å². The van der Waals surface area contributed by atoms with E-state index in [-0.39, 0.29) is 0 Å². The molecule has 6 nitrogen and oxygen atoms in total. The standard InChI is InChI=1S/C16H22N2O4/c1-5-17-16(21)18-14(19)11(4)22-15(20)13-8-6-12(7-9-13)10(2)3/h6-11H,5H2,1-4H3,(H2,17,18,19,21)/t11-/m1/s1. The second-order valence-corrected chi connectivity index (χ2v) is 5.17. The first-order valence-corrected chi connectivity index (χ1v) is 7.24. The van der Waals surface area contributed by atoms with Crippen LogP contribution in [0.5, 0.6) is 0 Å². The lowest BCUT2D eigenvalue weighted by Gasteiger charge is -2.13. The average molecular weight is 306 g/mol. The van der Waals surface area contributed by atoms with E-state index in [9.17, 15) is 14.4 Å². The van der Waals surface area contributed by atoms with Crippen LogP contribution < -0.4 is 10.6 Å². The lowest BCUT2D eigenvalue weighted by molar-refractivity contribution is -0.127. The third kappa shape index (κ3) is 5.20. The van der Waals surface area contributed by atoms with Gasteiger partial charge in [-0.2, -0.15) is 0 Å². The number of esters is 1. The molecule has 0 unspecified atom stereocenters. The first-order chi connectivity index (χ1) is 10.3. The van der Waals surface area contributed by atoms with Gasteiger partial charge in [0.05, 0.1) is 5.56 Å². The van der Waals surface area contributed by atoms with Gasteiger partial charge in [-0.15, -0.1) is 0 Å². The Hall–Kier alpha value is -2.37. The van der Waals surface area contributed by atoms with Gasteiger partial charge in [-0.3, -0.25) is 10.1 Å². The van der Waals surface area contributed by atoms with Crippen LogP contribution in [0, 0.1) is 0 Å². The van der Waals surface area contributed by atoms with Crippen LogP contribution in [-0.4, -0.2) is 30.6 Å². The Morgan fingerprint density at radius 3 is 2.18 bits per heavy atom. The van der Waals surface area contributed by atoms with Crippen molar-refractivity contribution in [2.75, 3.05) is 6.54 Å². The third-order valence-corrected chi connectivity index (χ3v) is 3.04. The van der Waals surface area contributed by atoms with E-state index in [4.69, 9.17) is 4.74 Å². The smallest absolute Gasteiger partial charge is 0.338 e. The normalized spacial score (nSPS) is 11.7. The van der Waals surface area contributed by atoms with Crippen LogP contribution in [0.15, 0.2) is 24.3 Å². The van der Waals surface area contributed by atoms with Gasteiger partial charge in [0.1, 0.15) is 0 Å². The highest BCUT2D eigenvalue weighted by Gasteiger charge is 2.20. The molecule has 1 aromatic rings. The monoisotopic (exact) mass is 306 g/mol. The van der Waals surface area contributed by atoms with Gasteiger partial charge in [-0.1, -0.05) is 26.0 Å². The maximum absolute atomic E-state index is 11.9. The molecule has 0 aliphatic carbocycles. The number of hydrogen-bond donors (Lipinski definition) is 2. The Morgan fingerprint density at radius 1 is 1.09 bits per heavy atom. The van der Waals surface area contributed by atoms with Gasteiger partial charge in [-0.05, 0) is 37.5 Å². The Bertz CT molecular complexity index is 538. The predicted octanol–water partition coefficient (Wildman–Crippen LogP) is 2.20. The number of carbonyl (C=O) groups is 3. The number of nitrogens with one attached hydrogen (secondary N) is 2. The summed E-state index contributed by atoms with van der Waals surface area (Å²) in [5.41, 5.74) is 1.47. The van der Waals surface area contributed by atoms with Gasteiger partial charge in [-0.25, -0.2) is 9.59 Å². The molecule has 0 heterocycles. The number of hydrogen-bond acceptors (Lipinski definition) is 4. The molecule has 1 rings (SSSR count). The van der Waals surface area contributed by atoms with Gasteiger partial charge in [0.15, 0.2) is 6.10 Å². The number of urea groups is 1. The fourth-order valence-electron chi connectivity index (χ4n) is 1.70. The van der Waals surface area contributed by atoms with Crippen molar-refractivity contribution in [1.82, 2.24) is 10.6 Å². The summed E-state index contributed by atoms with van der Waals surface area (Å²) in [6, 6.07) is 6.40. The van der Waals surface area contributed by atoms with Gasteiger partial charge >= 0.3 is 12.0 Å². The quantitative estimate of drug-likeness (QED) is 0.817. The minimum atomic E-state index is -1.06. The predicted molar refractivity (Wildman–Crippen MR) is 82.6 cm³/mol. The van der Waals surface area contributed by atoms with Crippen molar-refractivity contribution in [3.05, 3.63) is 35.4 Å². The number of amides is 3. The molecule has 1 atom stereocenters. The van der Waals surface area contributed by atoms with Crippen molar-refractivity contribution < 1.29 is 19.1 Å². The second-order valence-electron chi connectivity index (χ2n) is 5.17. The topological polar surface area (TPSA) is 84.5 Å². The molecule has 0 spiro atoms. The van der Waals surface area contributed by atoms with Gasteiger partial charge in [0.25, 0.3) is 5.91 Å². The molecule has 0 aromatic heterocycles. The maximum atomic E-state index is 11.9. The average Bonchev–Trinajstić information content (AvgIpc) is 2.47. The molecule has 0 aliphatic rings. The van der Waals surface area contributed by atoms with E-state index < -0.39 is 24.0 Å². The highest BCUT2D eigenvalue weighted by molar-refractivity contribution is 5.98. The molecule has 22 heavy (non-hydrogen) atoms. The van der Waals surface area contributed by atoms with Crippen molar-refractivity contribution in [3.63, 3.8) is 0 Å². The van der Waals surface area contributed by atoms with E-state index in [0.29, 0.717) is 18.0 Å². The largest absolute Gasteiger partial charge is 0.449 e. The summed E-state index contributed by atoms with van der Waals surface area (Å²) in [5, 5.41) is 4.52. The summed E-state index contributed by atoms with van der Waals surface area (Å²) in [6.07, 6.45) is -1.06. The molecule has 2 N–H and O–H groups in total. The van der Waals surface area contributed by atoms with Crippen molar-refractivity contribution in [2.24, 2.45) is 0 Å². The lowest BCUT2D eigenvalue weighted by atomic mass is 10.0. The van der Waals surface area contributed by atoms with E-state index in [2.05, 4.69) is 24.5 Å². The van der Waals surface area contributed by atoms with Crippen LogP contribution in [0.2, 0.25) is 0 Å². The molecule has 0 fully saturated rings. The van der Waals surface area contributed by atoms with E-state index in [1.54, 1.807) is 19.1 Å². The van der Waals surface area contributed by atoms with Crippen molar-refractivity contribution in [2.45, 2.75) is 39.7 Å². The fraction of sp³-hybridized carbons (Fsp3) is 0.438. The van der Waals surface area contributed by atoms with Crippen molar-refractivity contribution >= 4 is 17.9 Å². The van der Waals surface area contributed by atoms with E-state index in [0.717, 1.165) is 5.56 Å². The minimum absolute atomic E-state index is 0.363. The number of rotatable bonds is 5. The van der Waals surface area contributed by atoms with Crippen molar-refractivity contribution in [3.8, 4) is 0 Å². The zero-order valence-corrected chi connectivity index (χ0v) is 13.3. The molecular weight excluding hydrogens is 284 g/mol. The first-order valence-electron chi connectivity index (χ1n) is 7.24. The number of carbonyl (C=O) groups excluding carboxylic acids is 3. The summed E-state index contributed by atoms with van der Waals surface area (Å²) in [5.74, 6) is -0.904. The highest BCUT2D eigenvalue weighted by Crippen LogP contribution is 2.15. The zero-order chi connectivity index (χ0) is 16.7. The lowest BCUT2D eigenvalue weighted by Crippen LogP contribution is -2.44. The highest BCUT2D eigenvalue weighted by atomic mass is 16.5. The van der Waals surface area contributed by atoms with Crippen LogP contribution in [0.1, 0.15) is 49.5 Å². The zero-order valence-electron chi connectivity index (χ0n) is 13.3. The first kappa shape index (κ1) is 17.7. The molecule has 0 bridgehead atoms. The Morgan fingerprint density at radius 2 is 1.68 bits per heavy atom. The Labute approximate surface area is 130 Å². The Kier molecular flexibility index (Phi) is 6.56. The number of benzene rings is 1. The van der Waals surface area contributed by atoms with Crippen molar-refractivity contribution in [1.29, 1.82) is 0 Å². The van der Waals surface area contributed by atoms with E-state index in [1.807, 2.05) is 12.1 Å². The molecule has 3 amide bonds. The van der Waals surface area contributed by atoms with Gasteiger partial charge in [0, 0.05) is 6.54 Å². The second kappa shape index (κ2) is 8.17. The van der Waals surface area contributed by atoms with Gasteiger partial charge in [0.2, 0.25) is 0 Å². The Balaban J connectivity index is 2.59. The summed E-state index contributed by atoms with van der Waals surface area (Å²) in [7, 11) is 0. The van der Waals surface area contributed by atoms with Crippen LogP contribution in [-0.2, 0) is 9.53 Å². The van der Waals surface area contributed by atoms with Crippen LogP contribution in [0.3, 0.4) is 0 Å². The summed E-state index contributed by atoms with van der Waals surface area (Å²) in [4.78, 5) is 34.9. The molecule has 0 saturated carbocycles. The number of ether oxygens (including phenoxy) is 1. The summed E-state index contributed by atoms with van der Waals surface area (Å²) in [6.45, 7) is 7.65. The van der Waals surface area contributed by atoms with Crippen LogP contribution >= 0.6 is 0 Å². The van der Waals surface area contributed by atoms with E-state index >= 15 is 0 Å². The third-order valence-electron chi connectivity index (χ3n) is 3.04. The fourth-order valence-corrected chi connectivity index (χ4v) is 1.70. The van der Waals surface area contributed by atoms with Gasteiger partial charge < -0.3 is 10.1 Å². The van der Waals surface area contributed by atoms with Crippen LogP contribution in [0.4, 0.5) is 4.79 Å².